The fraction of sp³-hybridized carbons (Fsp3) is 0.250. The number of anilines is 1. The van der Waals surface area contributed by atoms with Crippen LogP contribution in [0.15, 0.2) is 24.3 Å². The molecule has 0 heterocycles. The quantitative estimate of drug-likeness (QED) is 0.676. The van der Waals surface area contributed by atoms with E-state index in [2.05, 4.69) is 36.5 Å². The summed E-state index contributed by atoms with van der Waals surface area (Å²) in [7, 11) is 0. The van der Waals surface area contributed by atoms with Crippen molar-refractivity contribution in [2.45, 2.75) is 6.92 Å². The minimum absolute atomic E-state index is 0.994. The van der Waals surface area contributed by atoms with Gasteiger partial charge in [0.1, 0.15) is 0 Å². The van der Waals surface area contributed by atoms with Crippen molar-refractivity contribution >= 4 is 26.9 Å². The predicted molar refractivity (Wildman–Crippen MR) is 48.8 cm³/mol. The molecule has 1 nitrogen and oxygen atoms in total. The van der Waals surface area contributed by atoms with Crippen molar-refractivity contribution in [3.05, 3.63) is 24.3 Å². The molecule has 0 bridgehead atoms. The van der Waals surface area contributed by atoms with Gasteiger partial charge in [0.25, 0.3) is 0 Å². The van der Waals surface area contributed by atoms with E-state index in [1.54, 1.807) is 16.9 Å². The Balaban J connectivity index is 2.69. The summed E-state index contributed by atoms with van der Waals surface area (Å²) in [4.78, 5) is 0. The van der Waals surface area contributed by atoms with Gasteiger partial charge in [0.2, 0.25) is 0 Å². The molecule has 0 aliphatic carbocycles. The van der Waals surface area contributed by atoms with Gasteiger partial charge in [-0.15, -0.1) is 0 Å². The summed E-state index contributed by atoms with van der Waals surface area (Å²) in [6.07, 6.45) is 0. The van der Waals surface area contributed by atoms with E-state index in [4.69, 9.17) is 0 Å². The summed E-state index contributed by atoms with van der Waals surface area (Å²) < 4.78 is 1.37. The van der Waals surface area contributed by atoms with Crippen molar-refractivity contribution in [3.8, 4) is 0 Å². The Kier molecular flexibility index (Phi) is 2.82. The second-order valence-electron chi connectivity index (χ2n) is 2.15. The molecule has 0 radical (unpaired) electrons. The molecule has 0 fully saturated rings. The first kappa shape index (κ1) is 7.68. The first-order valence-corrected chi connectivity index (χ1v) is 4.63. The van der Waals surface area contributed by atoms with Gasteiger partial charge in [-0.3, -0.25) is 0 Å². The third-order valence-electron chi connectivity index (χ3n) is 1.29. The molecule has 0 saturated carbocycles. The van der Waals surface area contributed by atoms with Gasteiger partial charge in [0.05, 0.1) is 0 Å². The molecule has 1 aromatic rings. The molecule has 54 valence electrons. The molecule has 1 aromatic carbocycles. The fourth-order valence-electron chi connectivity index (χ4n) is 0.805. The van der Waals surface area contributed by atoms with Crippen molar-refractivity contribution in [3.63, 3.8) is 0 Å². The summed E-state index contributed by atoms with van der Waals surface area (Å²) in [6, 6.07) is 8.50. The molecule has 0 aliphatic heterocycles. The number of benzene rings is 1. The fourth-order valence-corrected chi connectivity index (χ4v) is 1.21. The molecule has 2 heteroatoms. The molecule has 0 amide bonds. The Morgan fingerprint density at radius 2 is 1.90 bits per heavy atom. The zero-order valence-electron chi connectivity index (χ0n) is 6.09. The van der Waals surface area contributed by atoms with E-state index < -0.39 is 0 Å². The first-order valence-electron chi connectivity index (χ1n) is 3.42. The van der Waals surface area contributed by atoms with E-state index in [0.29, 0.717) is 0 Å². The van der Waals surface area contributed by atoms with Crippen molar-refractivity contribution in [1.29, 1.82) is 0 Å². The van der Waals surface area contributed by atoms with Crippen molar-refractivity contribution < 1.29 is 0 Å². The van der Waals surface area contributed by atoms with E-state index in [-0.39, 0.29) is 0 Å². The second kappa shape index (κ2) is 3.68. The maximum atomic E-state index is 3.24. The van der Waals surface area contributed by atoms with Crippen LogP contribution in [0.5, 0.6) is 0 Å². The topological polar surface area (TPSA) is 12.0 Å². The molecule has 0 aromatic heterocycles. The molecule has 0 saturated heterocycles. The summed E-state index contributed by atoms with van der Waals surface area (Å²) in [5.74, 6) is 0. The van der Waals surface area contributed by atoms with Crippen LogP contribution in [0.3, 0.4) is 0 Å². The summed E-state index contributed by atoms with van der Waals surface area (Å²) in [6.45, 7) is 3.10. The van der Waals surface area contributed by atoms with E-state index >= 15 is 0 Å². The molecule has 10 heavy (non-hydrogen) atoms. The van der Waals surface area contributed by atoms with Crippen LogP contribution < -0.4 is 9.67 Å². The van der Waals surface area contributed by atoms with Crippen LogP contribution >= 0.6 is 0 Å². The standard InChI is InChI=1S/C8H12AsN/c1-2-10-8-5-3-7(9)4-6-8/h3-6,10H,2,9H2,1H3. The van der Waals surface area contributed by atoms with Crippen LogP contribution in [0.4, 0.5) is 5.69 Å². The van der Waals surface area contributed by atoms with Crippen LogP contribution in [0.25, 0.3) is 0 Å². The van der Waals surface area contributed by atoms with Gasteiger partial charge in [-0.25, -0.2) is 0 Å². The Morgan fingerprint density at radius 1 is 1.30 bits per heavy atom. The van der Waals surface area contributed by atoms with E-state index in [1.165, 1.54) is 10.0 Å². The SMILES string of the molecule is CCNc1ccc([AsH2])cc1. The third-order valence-corrected chi connectivity index (χ3v) is 2.10. The second-order valence-corrected chi connectivity index (χ2v) is 3.55. The summed E-state index contributed by atoms with van der Waals surface area (Å²) >= 11 is 1.67. The number of hydrogen-bond acceptors (Lipinski definition) is 1. The van der Waals surface area contributed by atoms with E-state index in [1.807, 2.05) is 0 Å². The van der Waals surface area contributed by atoms with Gasteiger partial charge in [-0.2, -0.15) is 0 Å². The Labute approximate surface area is 70.3 Å². The molecule has 1 atom stereocenters. The molecular weight excluding hydrogens is 185 g/mol. The van der Waals surface area contributed by atoms with Gasteiger partial charge in [-0.1, -0.05) is 0 Å². The molecule has 1 unspecified atom stereocenters. The average Bonchev–Trinajstić information content (AvgIpc) is 1.95. The molecule has 0 spiro atoms. The van der Waals surface area contributed by atoms with Crippen molar-refractivity contribution in [2.24, 2.45) is 0 Å². The van der Waals surface area contributed by atoms with Crippen LogP contribution in [-0.2, 0) is 0 Å². The van der Waals surface area contributed by atoms with Crippen LogP contribution in [0, 0.1) is 0 Å². The van der Waals surface area contributed by atoms with E-state index in [9.17, 15) is 0 Å². The van der Waals surface area contributed by atoms with E-state index in [0.717, 1.165) is 6.54 Å². The summed E-state index contributed by atoms with van der Waals surface area (Å²) in [5.41, 5.74) is 1.21. The van der Waals surface area contributed by atoms with Crippen LogP contribution in [0.1, 0.15) is 6.92 Å². The number of rotatable bonds is 2. The van der Waals surface area contributed by atoms with Gasteiger partial charge >= 0.3 is 69.9 Å². The minimum atomic E-state index is 0.994. The normalized spacial score (nSPS) is 9.40. The van der Waals surface area contributed by atoms with Crippen molar-refractivity contribution in [2.75, 3.05) is 11.9 Å². The van der Waals surface area contributed by atoms with Crippen LogP contribution in [0.2, 0.25) is 0 Å². The van der Waals surface area contributed by atoms with Crippen molar-refractivity contribution in [1.82, 2.24) is 0 Å². The zero-order valence-corrected chi connectivity index (χ0v) is 8.52. The monoisotopic (exact) mass is 197 g/mol. The Bertz CT molecular complexity index is 193. The number of hydrogen-bond donors (Lipinski definition) is 1. The third kappa shape index (κ3) is 2.07. The van der Waals surface area contributed by atoms with Gasteiger partial charge in [0, 0.05) is 0 Å². The Hall–Kier alpha value is -0.422. The van der Waals surface area contributed by atoms with Gasteiger partial charge in [0.15, 0.2) is 0 Å². The summed E-state index contributed by atoms with van der Waals surface area (Å²) in [5, 5.41) is 3.24. The first-order chi connectivity index (χ1) is 4.83. The molecule has 1 N–H and O–H groups in total. The van der Waals surface area contributed by atoms with Gasteiger partial charge in [-0.05, 0) is 0 Å². The Morgan fingerprint density at radius 3 is 2.40 bits per heavy atom. The molecule has 0 aliphatic rings. The number of nitrogens with one attached hydrogen (secondary N) is 1. The van der Waals surface area contributed by atoms with Crippen LogP contribution in [-0.4, -0.2) is 23.4 Å². The zero-order chi connectivity index (χ0) is 7.40. The predicted octanol–water partition coefficient (Wildman–Crippen LogP) is 0.377. The van der Waals surface area contributed by atoms with Gasteiger partial charge < -0.3 is 0 Å². The molecular formula is C8H12AsN. The average molecular weight is 197 g/mol. The molecule has 1 rings (SSSR count). The maximum absolute atomic E-state index is 3.24.